The number of piperidine rings is 1. The van der Waals surface area contributed by atoms with E-state index in [1.54, 1.807) is 0 Å². The van der Waals surface area contributed by atoms with Crippen LogP contribution in [-0.2, 0) is 9.53 Å². The van der Waals surface area contributed by atoms with Crippen molar-refractivity contribution in [3.8, 4) is 0 Å². The minimum Gasteiger partial charge on any atom is -0.379 e. The Morgan fingerprint density at radius 3 is 2.70 bits per heavy atom. The molecular formula is C21H28N4O2. The van der Waals surface area contributed by atoms with Crippen molar-refractivity contribution in [3.05, 3.63) is 18.1 Å². The van der Waals surface area contributed by atoms with Crippen molar-refractivity contribution < 1.29 is 9.53 Å². The van der Waals surface area contributed by atoms with E-state index in [-0.39, 0.29) is 5.41 Å². The summed E-state index contributed by atoms with van der Waals surface area (Å²) in [6.45, 7) is 4.57. The monoisotopic (exact) mass is 368 g/mol. The second-order valence-corrected chi connectivity index (χ2v) is 9.35. The van der Waals surface area contributed by atoms with Gasteiger partial charge in [-0.05, 0) is 50.0 Å². The summed E-state index contributed by atoms with van der Waals surface area (Å²) in [4.78, 5) is 26.8. The number of fused-ring (bicyclic) bond motifs is 2. The number of hydrogen-bond donors (Lipinski definition) is 0. The average molecular weight is 368 g/mol. The van der Waals surface area contributed by atoms with Gasteiger partial charge >= 0.3 is 0 Å². The summed E-state index contributed by atoms with van der Waals surface area (Å²) in [6.07, 6.45) is 8.84. The van der Waals surface area contributed by atoms with Crippen molar-refractivity contribution in [2.45, 2.75) is 50.5 Å². The zero-order valence-corrected chi connectivity index (χ0v) is 15.8. The number of nitrogens with zero attached hydrogens (tertiary/aromatic N) is 4. The van der Waals surface area contributed by atoms with E-state index in [9.17, 15) is 4.79 Å². The van der Waals surface area contributed by atoms with Crippen LogP contribution in [0.4, 0.5) is 5.82 Å². The first-order valence-electron chi connectivity index (χ1n) is 10.7. The summed E-state index contributed by atoms with van der Waals surface area (Å²) in [5.41, 5.74) is 0.245. The molecule has 1 amide bonds. The zero-order valence-electron chi connectivity index (χ0n) is 15.8. The number of hydrogen-bond acceptors (Lipinski definition) is 5. The summed E-state index contributed by atoms with van der Waals surface area (Å²) in [5, 5.41) is 0. The van der Waals surface area contributed by atoms with Crippen LogP contribution in [0.25, 0.3) is 0 Å². The Bertz CT molecular complexity index is 752. The van der Waals surface area contributed by atoms with Gasteiger partial charge in [-0.15, -0.1) is 0 Å². The fourth-order valence-electron chi connectivity index (χ4n) is 5.60. The van der Waals surface area contributed by atoms with Crippen LogP contribution in [0.2, 0.25) is 0 Å². The quantitative estimate of drug-likeness (QED) is 0.819. The molecule has 2 atom stereocenters. The van der Waals surface area contributed by atoms with Crippen molar-refractivity contribution in [2.24, 2.45) is 17.3 Å². The molecule has 0 bridgehead atoms. The number of amides is 1. The molecule has 1 aromatic rings. The lowest BCUT2D eigenvalue weighted by Gasteiger charge is -2.42. The van der Waals surface area contributed by atoms with Crippen LogP contribution in [0.5, 0.6) is 0 Å². The molecule has 0 unspecified atom stereocenters. The normalized spacial score (nSPS) is 32.1. The van der Waals surface area contributed by atoms with E-state index in [0.717, 1.165) is 70.2 Å². The van der Waals surface area contributed by atoms with Crippen LogP contribution in [0.15, 0.2) is 12.3 Å². The van der Waals surface area contributed by atoms with Gasteiger partial charge in [0.1, 0.15) is 11.6 Å². The molecule has 144 valence electrons. The smallest absolute Gasteiger partial charge is 0.226 e. The first-order valence-corrected chi connectivity index (χ1v) is 10.7. The standard InChI is InChI=1S/C21H28N4O2/c26-20(15-3-4-15)25-13-21(16-11-27-12-17(16)25)6-9-24(10-7-21)18-5-8-22-19(23-18)14-1-2-14/h5,8,14-17H,1-4,6-7,9-13H2/t16-,17+/m1/s1. The van der Waals surface area contributed by atoms with Crippen molar-refractivity contribution in [1.82, 2.24) is 14.9 Å². The fourth-order valence-corrected chi connectivity index (χ4v) is 5.60. The third-order valence-electron chi connectivity index (χ3n) is 7.62. The third kappa shape index (κ3) is 2.67. The van der Waals surface area contributed by atoms with Gasteiger partial charge in [0.05, 0.1) is 19.3 Å². The molecule has 1 spiro atoms. The van der Waals surface area contributed by atoms with E-state index in [1.807, 2.05) is 6.20 Å². The van der Waals surface area contributed by atoms with Crippen molar-refractivity contribution in [1.29, 1.82) is 0 Å². The summed E-state index contributed by atoms with van der Waals surface area (Å²) in [7, 11) is 0. The van der Waals surface area contributed by atoms with Crippen LogP contribution in [0.1, 0.15) is 50.3 Å². The maximum Gasteiger partial charge on any atom is 0.226 e. The maximum absolute atomic E-state index is 12.8. The van der Waals surface area contributed by atoms with Crippen molar-refractivity contribution >= 4 is 11.7 Å². The SMILES string of the molecule is O=C(C1CC1)N1CC2(CCN(c3ccnc(C4CC4)n3)CC2)[C@@H]2COC[C@@H]21. The molecule has 5 fully saturated rings. The molecule has 3 aliphatic heterocycles. The van der Waals surface area contributed by atoms with Gasteiger partial charge in [0.15, 0.2) is 0 Å². The summed E-state index contributed by atoms with van der Waals surface area (Å²) >= 11 is 0. The van der Waals surface area contributed by atoms with E-state index in [4.69, 9.17) is 9.72 Å². The number of aromatic nitrogens is 2. The molecule has 2 saturated carbocycles. The highest BCUT2D eigenvalue weighted by molar-refractivity contribution is 5.82. The number of carbonyl (C=O) groups excluding carboxylic acids is 1. The van der Waals surface area contributed by atoms with E-state index in [0.29, 0.717) is 29.7 Å². The highest BCUT2D eigenvalue weighted by Crippen LogP contribution is 2.51. The van der Waals surface area contributed by atoms with E-state index >= 15 is 0 Å². The molecular weight excluding hydrogens is 340 g/mol. The third-order valence-corrected chi connectivity index (χ3v) is 7.62. The first-order chi connectivity index (χ1) is 13.2. The Labute approximate surface area is 160 Å². The summed E-state index contributed by atoms with van der Waals surface area (Å²) in [5.74, 6) is 3.94. The Kier molecular flexibility index (Phi) is 3.56. The van der Waals surface area contributed by atoms with Gasteiger partial charge in [-0.25, -0.2) is 9.97 Å². The second kappa shape index (κ2) is 5.90. The number of rotatable bonds is 3. The van der Waals surface area contributed by atoms with Gasteiger partial charge < -0.3 is 14.5 Å². The molecule has 3 saturated heterocycles. The number of likely N-dealkylation sites (tertiary alicyclic amines) is 1. The van der Waals surface area contributed by atoms with Gasteiger partial charge in [0, 0.05) is 43.6 Å². The van der Waals surface area contributed by atoms with Gasteiger partial charge in [-0.3, -0.25) is 4.79 Å². The van der Waals surface area contributed by atoms with E-state index in [1.165, 1.54) is 12.8 Å². The number of anilines is 1. The Morgan fingerprint density at radius 1 is 1.15 bits per heavy atom. The lowest BCUT2D eigenvalue weighted by atomic mass is 9.70. The molecule has 1 aromatic heterocycles. The molecule has 0 aromatic carbocycles. The Hall–Kier alpha value is -1.69. The molecule has 6 heteroatoms. The largest absolute Gasteiger partial charge is 0.379 e. The highest BCUT2D eigenvalue weighted by Gasteiger charge is 2.57. The summed E-state index contributed by atoms with van der Waals surface area (Å²) < 4.78 is 5.85. The van der Waals surface area contributed by atoms with Crippen molar-refractivity contribution in [3.63, 3.8) is 0 Å². The topological polar surface area (TPSA) is 58.6 Å². The molecule has 5 aliphatic rings. The molecule has 2 aliphatic carbocycles. The van der Waals surface area contributed by atoms with Crippen molar-refractivity contribution in [2.75, 3.05) is 37.7 Å². The molecule has 0 radical (unpaired) electrons. The lowest BCUT2D eigenvalue weighted by Crippen LogP contribution is -2.45. The molecule has 4 heterocycles. The van der Waals surface area contributed by atoms with Crippen LogP contribution in [0.3, 0.4) is 0 Å². The Balaban J connectivity index is 1.19. The molecule has 6 rings (SSSR count). The minimum atomic E-state index is 0.245. The Morgan fingerprint density at radius 2 is 1.96 bits per heavy atom. The van der Waals surface area contributed by atoms with Crippen LogP contribution < -0.4 is 4.90 Å². The predicted molar refractivity (Wildman–Crippen MR) is 100 cm³/mol. The average Bonchev–Trinajstić information content (AvgIpc) is 3.63. The van der Waals surface area contributed by atoms with Gasteiger partial charge in [-0.1, -0.05) is 0 Å². The fraction of sp³-hybridized carbons (Fsp3) is 0.762. The van der Waals surface area contributed by atoms with Crippen LogP contribution in [0, 0.1) is 17.3 Å². The van der Waals surface area contributed by atoms with Crippen LogP contribution in [-0.4, -0.2) is 59.7 Å². The minimum absolute atomic E-state index is 0.245. The lowest BCUT2D eigenvalue weighted by molar-refractivity contribution is -0.134. The molecule has 0 N–H and O–H groups in total. The van der Waals surface area contributed by atoms with E-state index in [2.05, 4.69) is 20.9 Å². The van der Waals surface area contributed by atoms with Gasteiger partial charge in [-0.2, -0.15) is 0 Å². The van der Waals surface area contributed by atoms with E-state index < -0.39 is 0 Å². The van der Waals surface area contributed by atoms with Crippen LogP contribution >= 0.6 is 0 Å². The maximum atomic E-state index is 12.8. The predicted octanol–water partition coefficient (Wildman–Crippen LogP) is 2.21. The number of carbonyl (C=O) groups is 1. The highest BCUT2D eigenvalue weighted by atomic mass is 16.5. The zero-order chi connectivity index (χ0) is 18.0. The first kappa shape index (κ1) is 16.3. The van der Waals surface area contributed by atoms with Gasteiger partial charge in [0.25, 0.3) is 0 Å². The molecule has 6 nitrogen and oxygen atoms in total. The van der Waals surface area contributed by atoms with Gasteiger partial charge in [0.2, 0.25) is 5.91 Å². The number of ether oxygens (including phenoxy) is 1. The molecule has 27 heavy (non-hydrogen) atoms. The second-order valence-electron chi connectivity index (χ2n) is 9.35. The summed E-state index contributed by atoms with van der Waals surface area (Å²) in [6, 6.07) is 2.38.